The molecule has 0 aliphatic rings. The van der Waals surface area contributed by atoms with Crippen LogP contribution in [0.2, 0.25) is 0 Å². The van der Waals surface area contributed by atoms with Gasteiger partial charge in [-0.25, -0.2) is 8.42 Å². The zero-order valence-electron chi connectivity index (χ0n) is 15.8. The van der Waals surface area contributed by atoms with Gasteiger partial charge in [0.25, 0.3) is 0 Å². The Morgan fingerprint density at radius 2 is 1.70 bits per heavy atom. The molecule has 8 heteroatoms. The van der Waals surface area contributed by atoms with Crippen LogP contribution in [0.4, 0.5) is 0 Å². The SMILES string of the molecule is CN(CC[C@H](Oc1ccc(S(C)(=O)=O)cc1)c1ccccc1)CC(=O)[O-].[Li+]. The Kier molecular flexibility index (Phi) is 9.07. The maximum Gasteiger partial charge on any atom is 1.00 e. The average molecular weight is 383 g/mol. The predicted octanol–water partition coefficient (Wildman–Crippen LogP) is -1.71. The van der Waals surface area contributed by atoms with Gasteiger partial charge in [-0.2, -0.15) is 0 Å². The van der Waals surface area contributed by atoms with Gasteiger partial charge in [0.2, 0.25) is 0 Å². The van der Waals surface area contributed by atoms with Crippen molar-refractivity contribution in [1.82, 2.24) is 4.90 Å². The normalized spacial score (nSPS) is 12.3. The maximum atomic E-state index is 11.6. The summed E-state index contributed by atoms with van der Waals surface area (Å²) in [7, 11) is -1.55. The van der Waals surface area contributed by atoms with Crippen molar-refractivity contribution in [3.63, 3.8) is 0 Å². The molecule has 0 spiro atoms. The maximum absolute atomic E-state index is 11.6. The minimum Gasteiger partial charge on any atom is -0.549 e. The molecule has 0 unspecified atom stereocenters. The summed E-state index contributed by atoms with van der Waals surface area (Å²) in [5.41, 5.74) is 0.960. The number of nitrogens with zero attached hydrogens (tertiary/aromatic N) is 1. The second-order valence-electron chi connectivity index (χ2n) is 6.16. The van der Waals surface area contributed by atoms with E-state index in [0.29, 0.717) is 18.7 Å². The molecular weight excluding hydrogens is 361 g/mol. The quantitative estimate of drug-likeness (QED) is 0.479. The van der Waals surface area contributed by atoms with Crippen molar-refractivity contribution >= 4 is 15.8 Å². The number of aliphatic carboxylic acids is 1. The molecule has 0 aromatic heterocycles. The summed E-state index contributed by atoms with van der Waals surface area (Å²) in [6, 6.07) is 15.9. The molecule has 0 N–H and O–H groups in total. The summed E-state index contributed by atoms with van der Waals surface area (Å²) in [6.45, 7) is 0.361. The molecule has 0 fully saturated rings. The van der Waals surface area contributed by atoms with Gasteiger partial charge in [-0.1, -0.05) is 30.3 Å². The Labute approximate surface area is 172 Å². The van der Waals surface area contributed by atoms with E-state index >= 15 is 0 Å². The Hall–Kier alpha value is -1.78. The minimum atomic E-state index is -3.26. The number of hydrogen-bond donors (Lipinski definition) is 0. The van der Waals surface area contributed by atoms with E-state index in [0.717, 1.165) is 11.8 Å². The first kappa shape index (κ1) is 23.3. The summed E-state index contributed by atoms with van der Waals surface area (Å²) >= 11 is 0. The van der Waals surface area contributed by atoms with Crippen LogP contribution in [0.3, 0.4) is 0 Å². The fourth-order valence-electron chi connectivity index (χ4n) is 2.53. The van der Waals surface area contributed by atoms with Crippen LogP contribution in [-0.4, -0.2) is 45.7 Å². The third-order valence-corrected chi connectivity index (χ3v) is 5.00. The smallest absolute Gasteiger partial charge is 0.549 e. The molecule has 0 bridgehead atoms. The molecule has 0 saturated heterocycles. The molecule has 0 heterocycles. The summed E-state index contributed by atoms with van der Waals surface area (Å²) in [4.78, 5) is 12.6. The van der Waals surface area contributed by atoms with E-state index in [-0.39, 0.29) is 36.4 Å². The van der Waals surface area contributed by atoms with Crippen LogP contribution >= 0.6 is 0 Å². The third-order valence-electron chi connectivity index (χ3n) is 3.87. The van der Waals surface area contributed by atoms with Crippen molar-refractivity contribution in [2.24, 2.45) is 0 Å². The van der Waals surface area contributed by atoms with Crippen LogP contribution < -0.4 is 28.7 Å². The number of carboxylic acids is 1. The molecule has 2 aromatic rings. The van der Waals surface area contributed by atoms with Crippen LogP contribution in [-0.2, 0) is 14.6 Å². The van der Waals surface area contributed by atoms with Gasteiger partial charge in [0.15, 0.2) is 9.84 Å². The topological polar surface area (TPSA) is 86.7 Å². The number of carbonyl (C=O) groups excluding carboxylic acids is 1. The molecule has 0 saturated carbocycles. The third kappa shape index (κ3) is 7.77. The fraction of sp³-hybridized carbons (Fsp3) is 0.316. The van der Waals surface area contributed by atoms with Gasteiger partial charge < -0.3 is 19.5 Å². The van der Waals surface area contributed by atoms with Crippen molar-refractivity contribution in [3.05, 3.63) is 60.2 Å². The Morgan fingerprint density at radius 1 is 1.11 bits per heavy atom. The molecule has 0 aliphatic heterocycles. The van der Waals surface area contributed by atoms with Crippen molar-refractivity contribution < 1.29 is 41.9 Å². The summed E-state index contributed by atoms with van der Waals surface area (Å²) < 4.78 is 29.1. The van der Waals surface area contributed by atoms with E-state index in [1.54, 1.807) is 24.1 Å². The van der Waals surface area contributed by atoms with Gasteiger partial charge >= 0.3 is 18.9 Å². The zero-order valence-corrected chi connectivity index (χ0v) is 16.6. The predicted molar refractivity (Wildman–Crippen MR) is 96.5 cm³/mol. The van der Waals surface area contributed by atoms with E-state index in [1.165, 1.54) is 12.1 Å². The van der Waals surface area contributed by atoms with E-state index < -0.39 is 15.8 Å². The summed E-state index contributed by atoms with van der Waals surface area (Å²) in [6.07, 6.45) is 1.44. The molecule has 0 radical (unpaired) electrons. The first-order chi connectivity index (χ1) is 12.3. The summed E-state index contributed by atoms with van der Waals surface area (Å²) in [5, 5.41) is 10.7. The van der Waals surface area contributed by atoms with E-state index in [9.17, 15) is 18.3 Å². The molecule has 27 heavy (non-hydrogen) atoms. The number of rotatable bonds is 9. The molecule has 6 nitrogen and oxygen atoms in total. The largest absolute Gasteiger partial charge is 1.00 e. The van der Waals surface area contributed by atoms with Gasteiger partial charge in [-0.3, -0.25) is 0 Å². The second kappa shape index (κ2) is 10.5. The number of sulfone groups is 1. The molecular formula is C19H22LiNO5S. The Balaban J connectivity index is 0.00000364. The Bertz CT molecular complexity index is 825. The number of carbonyl (C=O) groups is 1. The molecule has 2 aromatic carbocycles. The van der Waals surface area contributed by atoms with Crippen molar-refractivity contribution in [2.45, 2.75) is 17.4 Å². The second-order valence-corrected chi connectivity index (χ2v) is 8.17. The van der Waals surface area contributed by atoms with Crippen LogP contribution in [0.25, 0.3) is 0 Å². The van der Waals surface area contributed by atoms with Gasteiger partial charge in [0.1, 0.15) is 11.9 Å². The number of ether oxygens (including phenoxy) is 1. The average Bonchev–Trinajstić information content (AvgIpc) is 2.58. The van der Waals surface area contributed by atoms with Crippen molar-refractivity contribution in [1.29, 1.82) is 0 Å². The summed E-state index contributed by atoms with van der Waals surface area (Å²) in [5.74, 6) is -0.574. The van der Waals surface area contributed by atoms with Crippen LogP contribution in [0.1, 0.15) is 18.1 Å². The van der Waals surface area contributed by atoms with Crippen LogP contribution in [0.15, 0.2) is 59.5 Å². The van der Waals surface area contributed by atoms with Gasteiger partial charge in [0.05, 0.1) is 10.9 Å². The number of likely N-dealkylation sites (N-methyl/N-ethyl adjacent to an activating group) is 1. The van der Waals surface area contributed by atoms with Crippen LogP contribution in [0.5, 0.6) is 5.75 Å². The number of carboxylic acid groups (broad SMARTS) is 1. The standard InChI is InChI=1S/C19H23NO5S.Li/c1-20(14-19(21)22)13-12-18(15-6-4-3-5-7-15)25-16-8-10-17(11-9-16)26(2,23)24;/h3-11,18H,12-14H2,1-2H3,(H,21,22);/q;+1/p-1/t18-;/m0./s1. The van der Waals surface area contributed by atoms with E-state index in [4.69, 9.17) is 4.74 Å². The van der Waals surface area contributed by atoms with Gasteiger partial charge in [-0.15, -0.1) is 0 Å². The first-order valence-corrected chi connectivity index (χ1v) is 10.0. The van der Waals surface area contributed by atoms with E-state index in [2.05, 4.69) is 0 Å². The van der Waals surface area contributed by atoms with Gasteiger partial charge in [0, 0.05) is 25.8 Å². The minimum absolute atomic E-state index is 0. The molecule has 2 rings (SSSR count). The number of hydrogen-bond acceptors (Lipinski definition) is 6. The van der Waals surface area contributed by atoms with Gasteiger partial charge in [-0.05, 0) is 36.9 Å². The molecule has 1 atom stereocenters. The number of benzene rings is 2. The van der Waals surface area contributed by atoms with Crippen LogP contribution in [0, 0.1) is 0 Å². The molecule has 0 aliphatic carbocycles. The van der Waals surface area contributed by atoms with Crippen molar-refractivity contribution in [3.8, 4) is 5.75 Å². The first-order valence-electron chi connectivity index (χ1n) is 8.16. The molecule has 140 valence electrons. The zero-order chi connectivity index (χ0) is 19.2. The van der Waals surface area contributed by atoms with Crippen molar-refractivity contribution in [2.75, 3.05) is 26.4 Å². The molecule has 0 amide bonds. The Morgan fingerprint density at radius 3 is 2.22 bits per heavy atom. The fourth-order valence-corrected chi connectivity index (χ4v) is 3.16. The monoisotopic (exact) mass is 383 g/mol. The van der Waals surface area contributed by atoms with E-state index in [1.807, 2.05) is 30.3 Å².